The van der Waals surface area contributed by atoms with E-state index in [0.29, 0.717) is 41.8 Å². The van der Waals surface area contributed by atoms with E-state index in [1.165, 1.54) is 0 Å². The summed E-state index contributed by atoms with van der Waals surface area (Å²) in [5, 5.41) is 11.3. The maximum absolute atomic E-state index is 13.0. The summed E-state index contributed by atoms with van der Waals surface area (Å²) in [7, 11) is 1.84. The van der Waals surface area contributed by atoms with E-state index in [1.807, 2.05) is 29.8 Å². The van der Waals surface area contributed by atoms with Crippen molar-refractivity contribution >= 4 is 17.5 Å². The fourth-order valence-electron chi connectivity index (χ4n) is 3.39. The quantitative estimate of drug-likeness (QED) is 0.695. The van der Waals surface area contributed by atoms with E-state index in [1.54, 1.807) is 17.3 Å². The number of carbonyl (C=O) groups excluding carboxylic acids is 1. The third kappa shape index (κ3) is 2.99. The molecule has 3 aromatic heterocycles. The van der Waals surface area contributed by atoms with Crippen molar-refractivity contribution < 1.29 is 4.79 Å². The number of nitrogens with two attached hydrogens (primary N) is 1. The van der Waals surface area contributed by atoms with Gasteiger partial charge in [0.2, 0.25) is 0 Å². The summed E-state index contributed by atoms with van der Waals surface area (Å²) in [6.07, 6.45) is 1.68. The summed E-state index contributed by atoms with van der Waals surface area (Å²) in [4.78, 5) is 23.7. The van der Waals surface area contributed by atoms with Crippen LogP contribution in [0.1, 0.15) is 41.5 Å². The number of nitrogen functional groups attached to an aromatic ring is 1. The molecule has 0 saturated carbocycles. The van der Waals surface area contributed by atoms with Crippen molar-refractivity contribution in [1.29, 1.82) is 0 Å². The Bertz CT molecular complexity index is 1040. The first-order valence-electron chi connectivity index (χ1n) is 9.11. The number of pyridine rings is 2. The van der Waals surface area contributed by atoms with Crippen LogP contribution in [0.15, 0.2) is 30.6 Å². The SMILES string of the molecule is CNCc1nc(N)cc2c1CN(c1cccc(-c3nncn3C(C)C)n1)C2=O. The van der Waals surface area contributed by atoms with Gasteiger partial charge in [-0.05, 0) is 39.1 Å². The van der Waals surface area contributed by atoms with Gasteiger partial charge >= 0.3 is 0 Å². The molecule has 0 radical (unpaired) electrons. The van der Waals surface area contributed by atoms with E-state index < -0.39 is 0 Å². The van der Waals surface area contributed by atoms with E-state index in [-0.39, 0.29) is 11.9 Å². The molecule has 0 unspecified atom stereocenters. The maximum Gasteiger partial charge on any atom is 0.260 e. The second kappa shape index (κ2) is 7.01. The van der Waals surface area contributed by atoms with Gasteiger partial charge in [0.05, 0.1) is 17.8 Å². The summed E-state index contributed by atoms with van der Waals surface area (Å²) in [5.41, 5.74) is 8.81. The number of aromatic nitrogens is 5. The molecule has 0 aliphatic carbocycles. The number of fused-ring (bicyclic) bond motifs is 1. The standard InChI is InChI=1S/C19H22N8O/c1-11(2)27-10-22-25-18(27)14-5-4-6-17(24-14)26-9-13-12(19(26)28)7-16(20)23-15(13)8-21-3/h4-7,10-11,21H,8-9H2,1-3H3,(H2,20,23). The Morgan fingerprint density at radius 2 is 2.11 bits per heavy atom. The number of nitrogens with zero attached hydrogens (tertiary/aromatic N) is 6. The zero-order chi connectivity index (χ0) is 19.8. The molecule has 9 heteroatoms. The predicted molar refractivity (Wildman–Crippen MR) is 106 cm³/mol. The summed E-state index contributed by atoms with van der Waals surface area (Å²) in [5.74, 6) is 1.44. The molecule has 9 nitrogen and oxygen atoms in total. The average Bonchev–Trinajstić information content (AvgIpc) is 3.28. The molecule has 1 amide bonds. The highest BCUT2D eigenvalue weighted by molar-refractivity contribution is 6.10. The van der Waals surface area contributed by atoms with Crippen molar-refractivity contribution in [3.8, 4) is 11.5 Å². The minimum absolute atomic E-state index is 0.128. The number of nitrogens with one attached hydrogen (secondary N) is 1. The van der Waals surface area contributed by atoms with Gasteiger partial charge in [-0.15, -0.1) is 10.2 Å². The Balaban J connectivity index is 1.72. The van der Waals surface area contributed by atoms with Gasteiger partial charge in [0.25, 0.3) is 5.91 Å². The van der Waals surface area contributed by atoms with Crippen LogP contribution in [0, 0.1) is 0 Å². The molecule has 4 heterocycles. The number of anilines is 2. The molecule has 0 spiro atoms. The van der Waals surface area contributed by atoms with E-state index in [0.717, 1.165) is 11.3 Å². The first-order chi connectivity index (χ1) is 13.5. The highest BCUT2D eigenvalue weighted by atomic mass is 16.2. The van der Waals surface area contributed by atoms with Crippen LogP contribution in [-0.4, -0.2) is 37.7 Å². The van der Waals surface area contributed by atoms with E-state index in [2.05, 4.69) is 39.3 Å². The van der Waals surface area contributed by atoms with Gasteiger partial charge in [0.15, 0.2) is 5.82 Å². The largest absolute Gasteiger partial charge is 0.384 e. The lowest BCUT2D eigenvalue weighted by atomic mass is 10.1. The smallest absolute Gasteiger partial charge is 0.260 e. The van der Waals surface area contributed by atoms with Crippen LogP contribution >= 0.6 is 0 Å². The summed E-state index contributed by atoms with van der Waals surface area (Å²) in [6.45, 7) is 5.06. The summed E-state index contributed by atoms with van der Waals surface area (Å²) < 4.78 is 1.95. The van der Waals surface area contributed by atoms with Gasteiger partial charge in [-0.3, -0.25) is 9.69 Å². The molecule has 1 aliphatic heterocycles. The lowest BCUT2D eigenvalue weighted by Crippen LogP contribution is -2.24. The lowest BCUT2D eigenvalue weighted by molar-refractivity contribution is 0.0996. The number of amides is 1. The van der Waals surface area contributed by atoms with Crippen molar-refractivity contribution in [3.05, 3.63) is 47.4 Å². The normalized spacial score (nSPS) is 13.4. The van der Waals surface area contributed by atoms with Crippen LogP contribution in [0.25, 0.3) is 11.5 Å². The second-order valence-electron chi connectivity index (χ2n) is 6.98. The Morgan fingerprint density at radius 3 is 2.86 bits per heavy atom. The molecule has 0 atom stereocenters. The van der Waals surface area contributed by atoms with Gasteiger partial charge in [-0.25, -0.2) is 9.97 Å². The second-order valence-corrected chi connectivity index (χ2v) is 6.98. The van der Waals surface area contributed by atoms with Crippen LogP contribution in [-0.2, 0) is 13.1 Å². The zero-order valence-corrected chi connectivity index (χ0v) is 16.0. The van der Waals surface area contributed by atoms with Crippen molar-refractivity contribution in [3.63, 3.8) is 0 Å². The van der Waals surface area contributed by atoms with Crippen molar-refractivity contribution in [2.75, 3.05) is 17.7 Å². The highest BCUT2D eigenvalue weighted by Gasteiger charge is 2.32. The molecule has 4 rings (SSSR count). The molecule has 3 N–H and O–H groups in total. The first-order valence-corrected chi connectivity index (χ1v) is 9.11. The Kier molecular flexibility index (Phi) is 4.52. The number of rotatable bonds is 5. The molecular weight excluding hydrogens is 356 g/mol. The van der Waals surface area contributed by atoms with Crippen molar-refractivity contribution in [2.45, 2.75) is 33.0 Å². The molecule has 1 aliphatic rings. The number of carbonyl (C=O) groups is 1. The van der Waals surface area contributed by atoms with Crippen LogP contribution in [0.4, 0.5) is 11.6 Å². The molecular formula is C19H22N8O. The van der Waals surface area contributed by atoms with Crippen molar-refractivity contribution in [2.24, 2.45) is 0 Å². The molecule has 28 heavy (non-hydrogen) atoms. The van der Waals surface area contributed by atoms with Gasteiger partial charge in [-0.1, -0.05) is 6.07 Å². The number of hydrogen-bond acceptors (Lipinski definition) is 7. The summed E-state index contributed by atoms with van der Waals surface area (Å²) in [6, 6.07) is 7.39. The molecule has 3 aromatic rings. The molecule has 0 saturated heterocycles. The van der Waals surface area contributed by atoms with Crippen LogP contribution < -0.4 is 16.0 Å². The monoisotopic (exact) mass is 378 g/mol. The first kappa shape index (κ1) is 18.1. The number of hydrogen-bond donors (Lipinski definition) is 2. The fourth-order valence-corrected chi connectivity index (χ4v) is 3.39. The van der Waals surface area contributed by atoms with Gasteiger partial charge in [0, 0.05) is 18.2 Å². The Morgan fingerprint density at radius 1 is 1.29 bits per heavy atom. The topological polar surface area (TPSA) is 115 Å². The van der Waals surface area contributed by atoms with Gasteiger partial charge in [0.1, 0.15) is 23.7 Å². The van der Waals surface area contributed by atoms with Crippen LogP contribution in [0.3, 0.4) is 0 Å². The van der Waals surface area contributed by atoms with Crippen LogP contribution in [0.2, 0.25) is 0 Å². The van der Waals surface area contributed by atoms with Gasteiger partial charge < -0.3 is 15.6 Å². The fraction of sp³-hybridized carbons (Fsp3) is 0.316. The van der Waals surface area contributed by atoms with E-state index in [9.17, 15) is 4.79 Å². The maximum atomic E-state index is 13.0. The minimum Gasteiger partial charge on any atom is -0.384 e. The third-order valence-corrected chi connectivity index (χ3v) is 4.74. The predicted octanol–water partition coefficient (Wildman–Crippen LogP) is 1.78. The molecule has 144 valence electrons. The Labute approximate surface area is 162 Å². The minimum atomic E-state index is -0.128. The molecule has 0 fully saturated rings. The molecule has 0 aromatic carbocycles. The van der Waals surface area contributed by atoms with E-state index in [4.69, 9.17) is 5.73 Å². The van der Waals surface area contributed by atoms with Gasteiger partial charge in [-0.2, -0.15) is 0 Å². The molecule has 0 bridgehead atoms. The van der Waals surface area contributed by atoms with Crippen LogP contribution in [0.5, 0.6) is 0 Å². The average molecular weight is 378 g/mol. The Hall–Kier alpha value is -3.33. The van der Waals surface area contributed by atoms with E-state index >= 15 is 0 Å². The summed E-state index contributed by atoms with van der Waals surface area (Å²) >= 11 is 0. The lowest BCUT2D eigenvalue weighted by Gasteiger charge is -2.16. The highest BCUT2D eigenvalue weighted by Crippen LogP contribution is 2.31. The zero-order valence-electron chi connectivity index (χ0n) is 16.0. The van der Waals surface area contributed by atoms with Crippen molar-refractivity contribution in [1.82, 2.24) is 30.0 Å². The third-order valence-electron chi connectivity index (χ3n) is 4.74.